The van der Waals surface area contributed by atoms with Crippen molar-refractivity contribution in [3.05, 3.63) is 23.8 Å². The average Bonchev–Trinajstić information content (AvgIpc) is 2.76. The molecule has 0 radical (unpaired) electrons. The second-order valence-corrected chi connectivity index (χ2v) is 9.09. The minimum atomic E-state index is -0.568. The van der Waals surface area contributed by atoms with Crippen LogP contribution in [0.4, 0.5) is 4.79 Å². The highest BCUT2D eigenvalue weighted by Gasteiger charge is 2.24. The van der Waals surface area contributed by atoms with Crippen LogP contribution >= 0.6 is 0 Å². The number of nitrogens with one attached hydrogen (secondary N) is 2. The Balaban J connectivity index is 1.66. The summed E-state index contributed by atoms with van der Waals surface area (Å²) in [5.41, 5.74) is 0.435. The molecule has 1 aromatic rings. The molecule has 9 heteroatoms. The molecule has 1 heterocycles. The Morgan fingerprint density at radius 2 is 1.70 bits per heavy atom. The molecule has 2 rings (SSSR count). The molecule has 1 saturated heterocycles. The topological polar surface area (TPSA) is 106 Å². The van der Waals surface area contributed by atoms with E-state index in [0.717, 1.165) is 5.56 Å². The summed E-state index contributed by atoms with van der Waals surface area (Å²) in [5, 5.41) is 5.68. The van der Waals surface area contributed by atoms with Crippen molar-refractivity contribution in [3.63, 3.8) is 0 Å². The number of carbonyl (C=O) groups excluding carboxylic acids is 3. The lowest BCUT2D eigenvalue weighted by Crippen LogP contribution is -2.47. The van der Waals surface area contributed by atoms with Crippen molar-refractivity contribution >= 4 is 17.9 Å². The summed E-state index contributed by atoms with van der Waals surface area (Å²) in [4.78, 5) is 38.2. The molecule has 1 aromatic carbocycles. The number of nitrogens with zero attached hydrogens (tertiary/aromatic N) is 1. The number of aryl methyl sites for hydroxylation is 1. The van der Waals surface area contributed by atoms with Gasteiger partial charge in [-0.1, -0.05) is 6.07 Å². The fraction of sp³-hybridized carbons (Fsp3) is 0.625. The fourth-order valence-electron chi connectivity index (χ4n) is 3.61. The first-order valence-corrected chi connectivity index (χ1v) is 11.4. The Morgan fingerprint density at radius 3 is 2.30 bits per heavy atom. The Morgan fingerprint density at radius 1 is 1.03 bits per heavy atom. The minimum Gasteiger partial charge on any atom is -0.493 e. The van der Waals surface area contributed by atoms with Gasteiger partial charge in [-0.3, -0.25) is 9.59 Å². The Bertz CT molecular complexity index is 813. The van der Waals surface area contributed by atoms with Gasteiger partial charge in [0.05, 0.1) is 14.2 Å². The largest absolute Gasteiger partial charge is 0.493 e. The van der Waals surface area contributed by atoms with E-state index in [1.165, 1.54) is 0 Å². The number of piperidine rings is 1. The SMILES string of the molecule is COc1ccc(CCC(=O)NC2CCN(C(=O)CCNC(=O)OC(C)(C)C)CC2)cc1OC. The van der Waals surface area contributed by atoms with Crippen molar-refractivity contribution in [2.75, 3.05) is 33.9 Å². The molecule has 0 aliphatic carbocycles. The Kier molecular flexibility index (Phi) is 9.81. The van der Waals surface area contributed by atoms with Crippen LogP contribution in [0.15, 0.2) is 18.2 Å². The summed E-state index contributed by atoms with van der Waals surface area (Å²) in [5.74, 6) is 1.29. The van der Waals surface area contributed by atoms with Crippen LogP contribution in [0.1, 0.15) is 52.0 Å². The van der Waals surface area contributed by atoms with Crippen molar-refractivity contribution < 1.29 is 28.6 Å². The highest BCUT2D eigenvalue weighted by Crippen LogP contribution is 2.28. The van der Waals surface area contributed by atoms with Crippen molar-refractivity contribution in [2.45, 2.75) is 64.5 Å². The first kappa shape index (κ1) is 26.3. The maximum atomic E-state index is 12.4. The normalized spacial score (nSPS) is 14.4. The number of ether oxygens (including phenoxy) is 3. The van der Waals surface area contributed by atoms with Crippen LogP contribution in [0.25, 0.3) is 0 Å². The summed E-state index contributed by atoms with van der Waals surface area (Å²) in [6, 6.07) is 5.71. The molecule has 1 fully saturated rings. The molecule has 0 unspecified atom stereocenters. The maximum absolute atomic E-state index is 12.4. The van der Waals surface area contributed by atoms with E-state index in [0.29, 0.717) is 50.3 Å². The van der Waals surface area contributed by atoms with Gasteiger partial charge in [-0.25, -0.2) is 4.79 Å². The quantitative estimate of drug-likeness (QED) is 0.583. The van der Waals surface area contributed by atoms with Crippen molar-refractivity contribution in [3.8, 4) is 11.5 Å². The van der Waals surface area contributed by atoms with E-state index in [2.05, 4.69) is 10.6 Å². The molecular formula is C24H37N3O6. The lowest BCUT2D eigenvalue weighted by molar-refractivity contribution is -0.132. The summed E-state index contributed by atoms with van der Waals surface area (Å²) < 4.78 is 15.7. The molecule has 2 N–H and O–H groups in total. The van der Waals surface area contributed by atoms with Crippen LogP contribution in [-0.4, -0.2) is 68.3 Å². The van der Waals surface area contributed by atoms with Crippen molar-refractivity contribution in [1.29, 1.82) is 0 Å². The van der Waals surface area contributed by atoms with Crippen LogP contribution in [-0.2, 0) is 20.7 Å². The summed E-state index contributed by atoms with van der Waals surface area (Å²) in [6.07, 6.45) is 2.12. The van der Waals surface area contributed by atoms with Crippen LogP contribution in [0.5, 0.6) is 11.5 Å². The number of hydrogen-bond donors (Lipinski definition) is 2. The number of amides is 3. The maximum Gasteiger partial charge on any atom is 0.407 e. The molecule has 9 nitrogen and oxygen atoms in total. The lowest BCUT2D eigenvalue weighted by atomic mass is 10.0. The average molecular weight is 464 g/mol. The molecule has 184 valence electrons. The second kappa shape index (κ2) is 12.3. The molecule has 3 amide bonds. The number of alkyl carbamates (subject to hydrolysis) is 1. The van der Waals surface area contributed by atoms with Gasteiger partial charge in [0.2, 0.25) is 11.8 Å². The predicted octanol–water partition coefficient (Wildman–Crippen LogP) is 2.66. The van der Waals surface area contributed by atoms with E-state index >= 15 is 0 Å². The van der Waals surface area contributed by atoms with Crippen molar-refractivity contribution in [1.82, 2.24) is 15.5 Å². The number of benzene rings is 1. The highest BCUT2D eigenvalue weighted by molar-refractivity contribution is 5.78. The molecule has 0 bridgehead atoms. The number of rotatable bonds is 9. The zero-order valence-corrected chi connectivity index (χ0v) is 20.4. The predicted molar refractivity (Wildman–Crippen MR) is 124 cm³/mol. The summed E-state index contributed by atoms with van der Waals surface area (Å²) in [7, 11) is 3.17. The molecule has 33 heavy (non-hydrogen) atoms. The van der Waals surface area contributed by atoms with Gasteiger partial charge in [0.1, 0.15) is 5.60 Å². The second-order valence-electron chi connectivity index (χ2n) is 9.09. The van der Waals surface area contributed by atoms with Gasteiger partial charge in [0.15, 0.2) is 11.5 Å². The van der Waals surface area contributed by atoms with Gasteiger partial charge >= 0.3 is 6.09 Å². The molecule has 0 atom stereocenters. The summed E-state index contributed by atoms with van der Waals surface area (Å²) >= 11 is 0. The standard InChI is InChI=1S/C24H37N3O6/c1-24(2,3)33-23(30)25-13-10-22(29)27-14-11-18(12-15-27)26-21(28)9-7-17-6-8-19(31-4)20(16-17)32-5/h6,8,16,18H,7,9-15H2,1-5H3,(H,25,30)(H,26,28). The van der Waals surface area contributed by atoms with Gasteiger partial charge in [-0.2, -0.15) is 0 Å². The third-order valence-electron chi connectivity index (χ3n) is 5.31. The summed E-state index contributed by atoms with van der Waals surface area (Å²) in [6.45, 7) is 6.78. The van der Waals surface area contributed by atoms with Gasteiger partial charge in [-0.15, -0.1) is 0 Å². The van der Waals surface area contributed by atoms with E-state index in [1.807, 2.05) is 18.2 Å². The highest BCUT2D eigenvalue weighted by atomic mass is 16.6. The number of carbonyl (C=O) groups is 3. The lowest BCUT2D eigenvalue weighted by Gasteiger charge is -2.32. The Labute approximate surface area is 196 Å². The molecule has 0 spiro atoms. The number of likely N-dealkylation sites (tertiary alicyclic amines) is 1. The van der Waals surface area contributed by atoms with Crippen LogP contribution < -0.4 is 20.1 Å². The third-order valence-corrected chi connectivity index (χ3v) is 5.31. The van der Waals surface area contributed by atoms with Gasteiger partial charge in [-0.05, 0) is 57.7 Å². The van der Waals surface area contributed by atoms with Crippen molar-refractivity contribution in [2.24, 2.45) is 0 Å². The van der Waals surface area contributed by atoms with Crippen LogP contribution in [0.3, 0.4) is 0 Å². The number of hydrogen-bond acceptors (Lipinski definition) is 6. The van der Waals surface area contributed by atoms with E-state index in [-0.39, 0.29) is 30.8 Å². The van der Waals surface area contributed by atoms with E-state index in [4.69, 9.17) is 14.2 Å². The van der Waals surface area contributed by atoms with Gasteiger partial charge in [0.25, 0.3) is 0 Å². The molecule has 1 aliphatic rings. The van der Waals surface area contributed by atoms with E-state index in [9.17, 15) is 14.4 Å². The smallest absolute Gasteiger partial charge is 0.407 e. The fourth-order valence-corrected chi connectivity index (χ4v) is 3.61. The zero-order chi connectivity index (χ0) is 24.4. The third kappa shape index (κ3) is 9.19. The first-order valence-electron chi connectivity index (χ1n) is 11.4. The number of methoxy groups -OCH3 is 2. The van der Waals surface area contributed by atoms with Gasteiger partial charge in [0, 0.05) is 38.5 Å². The monoisotopic (exact) mass is 463 g/mol. The molecule has 0 saturated carbocycles. The minimum absolute atomic E-state index is 0.00359. The Hall–Kier alpha value is -2.97. The first-order chi connectivity index (χ1) is 15.6. The van der Waals surface area contributed by atoms with Crippen LogP contribution in [0.2, 0.25) is 0 Å². The van der Waals surface area contributed by atoms with Gasteiger partial charge < -0.3 is 29.7 Å². The molecule has 0 aromatic heterocycles. The molecular weight excluding hydrogens is 426 g/mol. The van der Waals surface area contributed by atoms with E-state index in [1.54, 1.807) is 39.9 Å². The molecule has 1 aliphatic heterocycles. The van der Waals surface area contributed by atoms with Crippen LogP contribution in [0, 0.1) is 0 Å². The zero-order valence-electron chi connectivity index (χ0n) is 20.4. The van der Waals surface area contributed by atoms with E-state index < -0.39 is 11.7 Å².